The van der Waals surface area contributed by atoms with Gasteiger partial charge < -0.3 is 15.1 Å². The lowest BCUT2D eigenvalue weighted by Crippen LogP contribution is -2.45. The summed E-state index contributed by atoms with van der Waals surface area (Å²) in [4.78, 5) is 25.2. The van der Waals surface area contributed by atoms with Crippen LogP contribution in [0.3, 0.4) is 0 Å². The molecule has 0 fully saturated rings. The summed E-state index contributed by atoms with van der Waals surface area (Å²) < 4.78 is 0. The molecule has 5 nitrogen and oxygen atoms in total. The summed E-state index contributed by atoms with van der Waals surface area (Å²) in [5, 5.41) is 18.5. The highest BCUT2D eigenvalue weighted by Crippen LogP contribution is 2.16. The number of benzene rings is 1. The zero-order valence-corrected chi connectivity index (χ0v) is 12.7. The van der Waals surface area contributed by atoms with Crippen molar-refractivity contribution in [2.24, 2.45) is 5.92 Å². The van der Waals surface area contributed by atoms with Gasteiger partial charge in [0.25, 0.3) is 5.91 Å². The van der Waals surface area contributed by atoms with Crippen molar-refractivity contribution >= 4 is 11.9 Å². The number of aliphatic hydroxyl groups excluding tert-OH is 1. The smallest absolute Gasteiger partial charge is 0.308 e. The van der Waals surface area contributed by atoms with Gasteiger partial charge in [0, 0.05) is 12.1 Å². The molecular weight excluding hydrogens is 270 g/mol. The van der Waals surface area contributed by atoms with Gasteiger partial charge in [-0.3, -0.25) is 9.59 Å². The summed E-state index contributed by atoms with van der Waals surface area (Å²) in [6.45, 7) is 5.17. The van der Waals surface area contributed by atoms with Crippen LogP contribution in [0.25, 0.3) is 0 Å². The van der Waals surface area contributed by atoms with E-state index in [0.717, 1.165) is 5.56 Å². The summed E-state index contributed by atoms with van der Waals surface area (Å²) in [6, 6.07) is 6.81. The Labute approximate surface area is 125 Å². The van der Waals surface area contributed by atoms with Crippen molar-refractivity contribution in [2.45, 2.75) is 33.2 Å². The van der Waals surface area contributed by atoms with Crippen LogP contribution in [0.5, 0.6) is 0 Å². The fraction of sp³-hybridized carbons (Fsp3) is 0.500. The van der Waals surface area contributed by atoms with Gasteiger partial charge >= 0.3 is 5.97 Å². The average molecular weight is 293 g/mol. The van der Waals surface area contributed by atoms with Crippen molar-refractivity contribution in [3.63, 3.8) is 0 Å². The number of carboxylic acid groups (broad SMARTS) is 1. The van der Waals surface area contributed by atoms with E-state index in [9.17, 15) is 14.7 Å². The Morgan fingerprint density at radius 3 is 2.38 bits per heavy atom. The van der Waals surface area contributed by atoms with Crippen molar-refractivity contribution < 1.29 is 19.8 Å². The first-order valence-corrected chi connectivity index (χ1v) is 7.12. The second kappa shape index (κ2) is 7.78. The number of hydrogen-bond acceptors (Lipinski definition) is 3. The molecule has 0 aromatic heterocycles. The Hall–Kier alpha value is -1.88. The minimum atomic E-state index is -0.953. The molecule has 0 aliphatic heterocycles. The number of aliphatic carboxylic acids is 1. The Kier molecular flexibility index (Phi) is 6.37. The second-order valence-corrected chi connectivity index (χ2v) is 5.26. The van der Waals surface area contributed by atoms with Crippen LogP contribution < -0.4 is 0 Å². The molecule has 0 saturated carbocycles. The minimum absolute atomic E-state index is 0.0849. The molecule has 116 valence electrons. The fourth-order valence-corrected chi connectivity index (χ4v) is 2.19. The van der Waals surface area contributed by atoms with Gasteiger partial charge in [0.05, 0.1) is 18.6 Å². The van der Waals surface area contributed by atoms with E-state index in [1.54, 1.807) is 19.1 Å². The first-order chi connectivity index (χ1) is 9.92. The second-order valence-electron chi connectivity index (χ2n) is 5.26. The highest BCUT2D eigenvalue weighted by atomic mass is 16.4. The number of carboxylic acids is 1. The summed E-state index contributed by atoms with van der Waals surface area (Å²) >= 11 is 0. The van der Waals surface area contributed by atoms with Crippen LogP contribution in [0.4, 0.5) is 0 Å². The highest BCUT2D eigenvalue weighted by Gasteiger charge is 2.27. The zero-order valence-electron chi connectivity index (χ0n) is 12.7. The van der Waals surface area contributed by atoms with Crippen molar-refractivity contribution in [3.8, 4) is 0 Å². The van der Waals surface area contributed by atoms with Gasteiger partial charge in [0.15, 0.2) is 0 Å². The largest absolute Gasteiger partial charge is 0.481 e. The molecule has 21 heavy (non-hydrogen) atoms. The van der Waals surface area contributed by atoms with Gasteiger partial charge in [0.2, 0.25) is 0 Å². The Balaban J connectivity index is 3.08. The molecule has 1 rings (SSSR count). The quantitative estimate of drug-likeness (QED) is 0.805. The lowest BCUT2D eigenvalue weighted by Gasteiger charge is -2.31. The molecule has 0 saturated heterocycles. The van der Waals surface area contributed by atoms with E-state index >= 15 is 0 Å². The number of carbonyl (C=O) groups excluding carboxylic acids is 1. The van der Waals surface area contributed by atoms with E-state index in [-0.39, 0.29) is 25.1 Å². The molecule has 0 spiro atoms. The van der Waals surface area contributed by atoms with E-state index < -0.39 is 11.9 Å². The van der Waals surface area contributed by atoms with Crippen molar-refractivity contribution in [1.29, 1.82) is 0 Å². The third-order valence-corrected chi connectivity index (χ3v) is 3.65. The van der Waals surface area contributed by atoms with Crippen LogP contribution in [0.2, 0.25) is 0 Å². The van der Waals surface area contributed by atoms with Crippen molar-refractivity contribution in [3.05, 3.63) is 35.4 Å². The number of aliphatic hydroxyl groups is 1. The fourth-order valence-electron chi connectivity index (χ4n) is 2.19. The van der Waals surface area contributed by atoms with Crippen LogP contribution in [0.1, 0.15) is 36.2 Å². The maximum Gasteiger partial charge on any atom is 0.308 e. The highest BCUT2D eigenvalue weighted by molar-refractivity contribution is 5.96. The topological polar surface area (TPSA) is 77.8 Å². The van der Waals surface area contributed by atoms with Gasteiger partial charge in [0.1, 0.15) is 0 Å². The van der Waals surface area contributed by atoms with Gasteiger partial charge in [-0.2, -0.15) is 0 Å². The van der Waals surface area contributed by atoms with Gasteiger partial charge in [-0.1, -0.05) is 32.0 Å². The first-order valence-electron chi connectivity index (χ1n) is 7.12. The van der Waals surface area contributed by atoms with Gasteiger partial charge in [-0.15, -0.1) is 0 Å². The number of rotatable bonds is 7. The number of hydrogen-bond donors (Lipinski definition) is 2. The Bertz CT molecular complexity index is 497. The van der Waals surface area contributed by atoms with Crippen LogP contribution in [-0.2, 0) is 4.79 Å². The number of carbonyl (C=O) groups is 2. The maximum absolute atomic E-state index is 12.7. The summed E-state index contributed by atoms with van der Waals surface area (Å²) in [6.07, 6.45) is 0.570. The molecule has 1 aromatic rings. The molecule has 0 aliphatic rings. The van der Waals surface area contributed by atoms with Crippen LogP contribution >= 0.6 is 0 Å². The maximum atomic E-state index is 12.7. The van der Waals surface area contributed by atoms with Gasteiger partial charge in [-0.05, 0) is 25.0 Å². The molecule has 2 N–H and O–H groups in total. The Morgan fingerprint density at radius 2 is 1.90 bits per heavy atom. The third kappa shape index (κ3) is 4.29. The molecule has 1 aromatic carbocycles. The molecule has 0 bridgehead atoms. The molecular formula is C16H23NO4. The monoisotopic (exact) mass is 293 g/mol. The molecule has 0 heterocycles. The SMILES string of the molecule is CCC(CO)N(CC(C)C(=O)O)C(=O)c1ccccc1C. The summed E-state index contributed by atoms with van der Waals surface area (Å²) in [7, 11) is 0. The van der Waals surface area contributed by atoms with Crippen molar-refractivity contribution in [1.82, 2.24) is 4.90 Å². The lowest BCUT2D eigenvalue weighted by atomic mass is 10.0. The predicted octanol–water partition coefficient (Wildman–Crippen LogP) is 1.93. The molecule has 2 unspecified atom stereocenters. The summed E-state index contributed by atoms with van der Waals surface area (Å²) in [5.41, 5.74) is 1.38. The Morgan fingerprint density at radius 1 is 1.29 bits per heavy atom. The van der Waals surface area contributed by atoms with Crippen LogP contribution in [-0.4, -0.2) is 46.2 Å². The molecule has 0 aliphatic carbocycles. The van der Waals surface area contributed by atoms with Gasteiger partial charge in [-0.25, -0.2) is 0 Å². The number of nitrogens with zero attached hydrogens (tertiary/aromatic N) is 1. The van der Waals surface area contributed by atoms with E-state index in [1.807, 2.05) is 26.0 Å². The molecule has 5 heteroatoms. The average Bonchev–Trinajstić information content (AvgIpc) is 2.46. The van der Waals surface area contributed by atoms with E-state index in [2.05, 4.69) is 0 Å². The lowest BCUT2D eigenvalue weighted by molar-refractivity contribution is -0.141. The van der Waals surface area contributed by atoms with Crippen LogP contribution in [0, 0.1) is 12.8 Å². The molecule has 0 radical (unpaired) electrons. The van der Waals surface area contributed by atoms with E-state index in [1.165, 1.54) is 4.90 Å². The zero-order chi connectivity index (χ0) is 16.0. The standard InChI is InChI=1S/C16H23NO4/c1-4-13(10-18)17(9-12(3)16(20)21)15(19)14-8-6-5-7-11(14)2/h5-8,12-13,18H,4,9-10H2,1-3H3,(H,20,21). The molecule has 2 atom stereocenters. The predicted molar refractivity (Wildman–Crippen MR) is 80.2 cm³/mol. The summed E-state index contributed by atoms with van der Waals surface area (Å²) in [5.74, 6) is -1.87. The first kappa shape index (κ1) is 17.2. The molecule has 1 amide bonds. The normalized spacial score (nSPS) is 13.5. The van der Waals surface area contributed by atoms with Crippen LogP contribution in [0.15, 0.2) is 24.3 Å². The number of amides is 1. The number of aryl methyl sites for hydroxylation is 1. The van der Waals surface area contributed by atoms with E-state index in [4.69, 9.17) is 5.11 Å². The van der Waals surface area contributed by atoms with Crippen molar-refractivity contribution in [2.75, 3.05) is 13.2 Å². The third-order valence-electron chi connectivity index (χ3n) is 3.65. The van der Waals surface area contributed by atoms with E-state index in [0.29, 0.717) is 12.0 Å². The minimum Gasteiger partial charge on any atom is -0.481 e.